The minimum atomic E-state index is -0.919. The smallest absolute Gasteiger partial charge is 0.313 e. The fourth-order valence-corrected chi connectivity index (χ4v) is 2.62. The average molecular weight is 314 g/mol. The van der Waals surface area contributed by atoms with Crippen molar-refractivity contribution in [2.75, 3.05) is 5.75 Å². The Morgan fingerprint density at radius 3 is 2.85 bits per heavy atom. The number of phenolic OH excluding ortho intramolecular Hbond substituents is 1. The summed E-state index contributed by atoms with van der Waals surface area (Å²) in [7, 11) is 0. The summed E-state index contributed by atoms with van der Waals surface area (Å²) in [6, 6.07) is 4.56. The number of benzene rings is 1. The zero-order valence-corrected chi connectivity index (χ0v) is 12.1. The Morgan fingerprint density at radius 1 is 1.45 bits per heavy atom. The molecule has 0 saturated carbocycles. The van der Waals surface area contributed by atoms with E-state index in [0.717, 1.165) is 11.8 Å². The van der Waals surface area contributed by atoms with Gasteiger partial charge in [0.25, 0.3) is 0 Å². The van der Waals surface area contributed by atoms with Crippen LogP contribution in [0.4, 0.5) is 0 Å². The van der Waals surface area contributed by atoms with Gasteiger partial charge in [-0.3, -0.25) is 4.79 Å². The predicted octanol–water partition coefficient (Wildman–Crippen LogP) is 2.50. The van der Waals surface area contributed by atoms with Crippen molar-refractivity contribution in [1.29, 1.82) is 0 Å². The zero-order valence-electron chi connectivity index (χ0n) is 10.6. The fourth-order valence-electron chi connectivity index (χ4n) is 1.69. The average Bonchev–Trinajstić information content (AvgIpc) is 2.81. The van der Waals surface area contributed by atoms with Crippen molar-refractivity contribution in [3.63, 3.8) is 0 Å². The van der Waals surface area contributed by atoms with Crippen LogP contribution in [0.3, 0.4) is 0 Å². The number of hydrogen-bond acceptors (Lipinski definition) is 5. The lowest BCUT2D eigenvalue weighted by Crippen LogP contribution is -2.03. The monoisotopic (exact) mass is 313 g/mol. The van der Waals surface area contributed by atoms with E-state index < -0.39 is 5.97 Å². The molecule has 20 heavy (non-hydrogen) atoms. The Hall–Kier alpha value is -1.73. The van der Waals surface area contributed by atoms with Crippen molar-refractivity contribution in [2.24, 2.45) is 0 Å². The van der Waals surface area contributed by atoms with Gasteiger partial charge in [0, 0.05) is 12.1 Å². The molecule has 6 nitrogen and oxygen atoms in total. The molecule has 0 radical (unpaired) electrons. The third-order valence-corrected chi connectivity index (χ3v) is 3.83. The molecule has 1 aromatic carbocycles. The molecule has 8 heteroatoms. The van der Waals surface area contributed by atoms with Crippen LogP contribution in [0, 0.1) is 0 Å². The van der Waals surface area contributed by atoms with Gasteiger partial charge in [-0.15, -0.1) is 10.2 Å². The van der Waals surface area contributed by atoms with Gasteiger partial charge in [-0.2, -0.15) is 0 Å². The molecule has 2 N–H and O–H groups in total. The predicted molar refractivity (Wildman–Crippen MR) is 76.2 cm³/mol. The largest absolute Gasteiger partial charge is 0.508 e. The van der Waals surface area contributed by atoms with E-state index in [-0.39, 0.29) is 11.5 Å². The molecule has 2 aromatic rings. The van der Waals surface area contributed by atoms with E-state index in [4.69, 9.17) is 16.7 Å². The van der Waals surface area contributed by atoms with E-state index in [1.54, 1.807) is 10.6 Å². The molecule has 0 atom stereocenters. The van der Waals surface area contributed by atoms with E-state index >= 15 is 0 Å². The maximum absolute atomic E-state index is 10.6. The van der Waals surface area contributed by atoms with Gasteiger partial charge in [-0.1, -0.05) is 23.4 Å². The molecule has 0 amide bonds. The first-order valence-corrected chi connectivity index (χ1v) is 7.16. The van der Waals surface area contributed by atoms with Crippen LogP contribution in [0.15, 0.2) is 23.4 Å². The third-order valence-electron chi connectivity index (χ3n) is 2.55. The summed E-state index contributed by atoms with van der Waals surface area (Å²) in [5, 5.41) is 27.2. The quantitative estimate of drug-likeness (QED) is 0.825. The number of aromatic hydroxyl groups is 1. The van der Waals surface area contributed by atoms with Gasteiger partial charge < -0.3 is 14.8 Å². The number of aromatic nitrogens is 3. The molecule has 0 bridgehead atoms. The van der Waals surface area contributed by atoms with Crippen LogP contribution in [0.2, 0.25) is 5.02 Å². The van der Waals surface area contributed by atoms with Crippen LogP contribution in [0.25, 0.3) is 11.4 Å². The molecule has 0 aliphatic carbocycles. The first kappa shape index (κ1) is 14.7. The summed E-state index contributed by atoms with van der Waals surface area (Å²) in [5.74, 6) is -0.431. The maximum atomic E-state index is 10.6. The van der Waals surface area contributed by atoms with Gasteiger partial charge >= 0.3 is 5.97 Å². The highest BCUT2D eigenvalue weighted by atomic mass is 35.5. The Labute approximate surface area is 124 Å². The van der Waals surface area contributed by atoms with E-state index in [9.17, 15) is 9.90 Å². The molecule has 2 rings (SSSR count). The van der Waals surface area contributed by atoms with Gasteiger partial charge in [0.2, 0.25) is 0 Å². The van der Waals surface area contributed by atoms with E-state index in [1.165, 1.54) is 12.1 Å². The molecule has 106 valence electrons. The molecule has 0 fully saturated rings. The first-order valence-electron chi connectivity index (χ1n) is 5.79. The van der Waals surface area contributed by atoms with E-state index in [2.05, 4.69) is 10.2 Å². The lowest BCUT2D eigenvalue weighted by molar-refractivity contribution is -0.133. The molecular weight excluding hydrogens is 302 g/mol. The van der Waals surface area contributed by atoms with Crippen molar-refractivity contribution >= 4 is 29.3 Å². The number of aliphatic carboxylic acids is 1. The standard InChI is InChI=1S/C12H12ClN3O3S/c1-2-16-11(8-5-7(17)3-4-9(8)13)14-15-12(16)20-6-10(18)19/h3-5,17H,2,6H2,1H3,(H,18,19). The minimum Gasteiger partial charge on any atom is -0.508 e. The third kappa shape index (κ3) is 3.05. The van der Waals surface area contributed by atoms with Gasteiger partial charge in [0.1, 0.15) is 5.75 Å². The zero-order chi connectivity index (χ0) is 14.7. The van der Waals surface area contributed by atoms with Crippen molar-refractivity contribution < 1.29 is 15.0 Å². The molecule has 0 unspecified atom stereocenters. The molecule has 0 saturated heterocycles. The molecule has 0 aliphatic rings. The summed E-state index contributed by atoms with van der Waals surface area (Å²) in [6.07, 6.45) is 0. The Morgan fingerprint density at radius 2 is 2.20 bits per heavy atom. The number of nitrogens with zero attached hydrogens (tertiary/aromatic N) is 3. The van der Waals surface area contributed by atoms with E-state index in [0.29, 0.717) is 28.1 Å². The Bertz CT molecular complexity index is 645. The summed E-state index contributed by atoms with van der Waals surface area (Å²) >= 11 is 7.19. The first-order chi connectivity index (χ1) is 9.52. The lowest BCUT2D eigenvalue weighted by Gasteiger charge is -2.08. The molecular formula is C12H12ClN3O3S. The number of carboxylic acids is 1. The molecule has 0 aliphatic heterocycles. The number of phenols is 1. The summed E-state index contributed by atoms with van der Waals surface area (Å²) in [6.45, 7) is 2.46. The van der Waals surface area contributed by atoms with Crippen molar-refractivity contribution in [2.45, 2.75) is 18.6 Å². The van der Waals surface area contributed by atoms with Gasteiger partial charge in [-0.25, -0.2) is 0 Å². The second-order valence-corrected chi connectivity index (χ2v) is 5.25. The van der Waals surface area contributed by atoms with Crippen molar-refractivity contribution in [3.8, 4) is 17.1 Å². The number of rotatable bonds is 5. The van der Waals surface area contributed by atoms with Crippen LogP contribution in [0.5, 0.6) is 5.75 Å². The Balaban J connectivity index is 2.42. The van der Waals surface area contributed by atoms with Gasteiger partial charge in [0.05, 0.1) is 10.8 Å². The number of carbonyl (C=O) groups is 1. The normalized spacial score (nSPS) is 10.7. The van der Waals surface area contributed by atoms with Crippen molar-refractivity contribution in [3.05, 3.63) is 23.2 Å². The summed E-state index contributed by atoms with van der Waals surface area (Å²) in [4.78, 5) is 10.6. The van der Waals surface area contributed by atoms with Crippen LogP contribution in [-0.2, 0) is 11.3 Å². The number of halogens is 1. The molecule has 0 spiro atoms. The highest BCUT2D eigenvalue weighted by Crippen LogP contribution is 2.31. The van der Waals surface area contributed by atoms with Crippen LogP contribution >= 0.6 is 23.4 Å². The molecule has 1 aromatic heterocycles. The SMILES string of the molecule is CCn1c(SCC(=O)O)nnc1-c1cc(O)ccc1Cl. The van der Waals surface area contributed by atoms with Gasteiger partial charge in [0.15, 0.2) is 11.0 Å². The number of carboxylic acid groups (broad SMARTS) is 1. The van der Waals surface area contributed by atoms with Gasteiger partial charge in [-0.05, 0) is 25.1 Å². The Kier molecular flexibility index (Phi) is 4.51. The minimum absolute atomic E-state index is 0.0785. The summed E-state index contributed by atoms with van der Waals surface area (Å²) in [5.41, 5.74) is 0.559. The van der Waals surface area contributed by atoms with Crippen LogP contribution in [0.1, 0.15) is 6.92 Å². The topological polar surface area (TPSA) is 88.2 Å². The molecule has 1 heterocycles. The highest BCUT2D eigenvalue weighted by Gasteiger charge is 2.16. The maximum Gasteiger partial charge on any atom is 0.313 e. The number of hydrogen-bond donors (Lipinski definition) is 2. The van der Waals surface area contributed by atoms with E-state index in [1.807, 2.05) is 6.92 Å². The van der Waals surface area contributed by atoms with Crippen molar-refractivity contribution in [1.82, 2.24) is 14.8 Å². The van der Waals surface area contributed by atoms with Crippen LogP contribution < -0.4 is 0 Å². The second-order valence-electron chi connectivity index (χ2n) is 3.90. The lowest BCUT2D eigenvalue weighted by atomic mass is 10.2. The summed E-state index contributed by atoms with van der Waals surface area (Å²) < 4.78 is 1.76. The van der Waals surface area contributed by atoms with Crippen LogP contribution in [-0.4, -0.2) is 36.7 Å². The fraction of sp³-hybridized carbons (Fsp3) is 0.250. The second kappa shape index (κ2) is 6.15. The highest BCUT2D eigenvalue weighted by molar-refractivity contribution is 7.99. The number of thioether (sulfide) groups is 1.